The normalized spacial score (nSPS) is 14.5. The van der Waals surface area contributed by atoms with Crippen LogP contribution in [0.2, 0.25) is 0 Å². The summed E-state index contributed by atoms with van der Waals surface area (Å²) in [6, 6.07) is -2.27. The second kappa shape index (κ2) is 87.8. The molecule has 0 N–H and O–H groups in total. The monoisotopic (exact) mass is 2120 g/mol. The fourth-order valence-electron chi connectivity index (χ4n) is 8.46. The summed E-state index contributed by atoms with van der Waals surface area (Å²) in [6.07, 6.45) is 44.5. The first-order chi connectivity index (χ1) is 44.3. The molecule has 4 radical (unpaired) electrons. The van der Waals surface area contributed by atoms with Crippen LogP contribution >= 0.6 is 0 Å². The van der Waals surface area contributed by atoms with Gasteiger partial charge in [-0.2, -0.15) is 25.0 Å². The summed E-state index contributed by atoms with van der Waals surface area (Å²) in [5.74, 6) is 1.58. The van der Waals surface area contributed by atoms with Gasteiger partial charge in [-0.05, 0) is 276 Å². The van der Waals surface area contributed by atoms with E-state index in [0.717, 1.165) is 77.0 Å². The summed E-state index contributed by atoms with van der Waals surface area (Å²) in [5.41, 5.74) is 0.447. The van der Waals surface area contributed by atoms with E-state index >= 15 is 0 Å². The van der Waals surface area contributed by atoms with E-state index < -0.39 is 62.7 Å². The van der Waals surface area contributed by atoms with Crippen LogP contribution in [-0.2, 0) is 422 Å². The van der Waals surface area contributed by atoms with Gasteiger partial charge in [0.15, 0.2) is 0 Å². The van der Waals surface area contributed by atoms with Gasteiger partial charge >= 0.3 is 0 Å². The van der Waals surface area contributed by atoms with Gasteiger partial charge in [0.1, 0.15) is 23.1 Å². The van der Waals surface area contributed by atoms with E-state index in [1.807, 2.05) is 90.0 Å². The topological polar surface area (TPSA) is 150 Å². The van der Waals surface area contributed by atoms with Gasteiger partial charge in [0.2, 0.25) is 0 Å². The van der Waals surface area contributed by atoms with Gasteiger partial charge in [0.25, 0.3) is 0 Å². The van der Waals surface area contributed by atoms with Crippen molar-refractivity contribution in [1.82, 2.24) is 14.8 Å². The minimum Gasteiger partial charge on any atom is -0.796 e. The average Bonchev–Trinajstić information content (AvgIpc) is 0.905. The Bertz CT molecular complexity index is 2490. The van der Waals surface area contributed by atoms with Crippen LogP contribution < -0.4 is 0 Å². The molecular weight excluding hydrogens is 2010 g/mol. The number of hydrogen-bond acceptors (Lipinski definition) is 20. The molecule has 0 aliphatic carbocycles. The maximum atomic E-state index is 12.4. The number of carbonyl (C=O) groups is 4. The molecule has 0 saturated heterocycles. The van der Waals surface area contributed by atoms with Crippen molar-refractivity contribution < 1.29 is 169 Å². The van der Waals surface area contributed by atoms with Crippen molar-refractivity contribution in [3.63, 3.8) is 0 Å². The van der Waals surface area contributed by atoms with Crippen LogP contribution in [0.4, 0.5) is 0 Å². The van der Waals surface area contributed by atoms with Gasteiger partial charge in [0, 0.05) is 207 Å². The molecule has 0 aromatic carbocycles. The number of carbonyl (C=O) groups excluding carboxylic acids is 8. The Kier molecular flexibility index (Phi) is 119. The van der Waals surface area contributed by atoms with E-state index in [2.05, 4.69) is 120 Å². The van der Waals surface area contributed by atoms with Crippen LogP contribution in [0, 0.1) is 22.7 Å². The summed E-state index contributed by atoms with van der Waals surface area (Å²) in [4.78, 5) is 93.9. The Balaban J connectivity index is -0.0000000959. The maximum absolute atomic E-state index is 12.4. The standard InChI is InChI=1S/C15H28NO2S5.C14H26NO2S5.C13H24NO2S5.C12H22NO2S5.4CH4S.4Y/c1-6-15(7-2,8-3)10-9-14(18)11-13(12-17)16(22(4)20)23(5)21-19;1-6-14(3,7-2)9-8-13(17)10-12(11-16)15(21(4)19)22(5)20-18;1-5-11(6-2)7-8-13(16)9-12(10-15)14(20(3)18)21(4)19-17;1-5-10(2)6-7-12(15)8-11(9-14)13(19(3)17)20(4)18-16;4*1-2;;;;/h13H,6-11H2,1-5H3;12H,6-10H2,1-5H3;11-12H,5-9H2,1-4H3;10-11H,5-8H2,1-4H3;4*2H,1H3;;;;/q4*-1;;;;;;;;/p-4. The Morgan fingerprint density at radius 2 is 0.622 bits per heavy atom. The molecule has 0 aromatic heterocycles. The molecule has 0 aliphatic rings. The maximum Gasteiger partial charge on any atom is 0.132 e. The zero-order valence-corrected chi connectivity index (χ0v) is 92.7. The second-order valence-electron chi connectivity index (χ2n) is 20.7. The average molecular weight is 2120 g/mol. The third-order valence-electron chi connectivity index (χ3n) is 15.2. The molecule has 13 atom stereocenters. The molecule has 0 spiro atoms. The zero-order valence-electron chi connectivity index (χ0n) is 61.8. The van der Waals surface area contributed by atoms with Crippen molar-refractivity contribution >= 4 is 301 Å². The molecule has 98 heavy (non-hydrogen) atoms. The fraction of sp³-hybridized carbons (Fsp3) is 0.862. The minimum absolute atomic E-state index is 0. The van der Waals surface area contributed by atoms with E-state index in [1.165, 1.54) is 35.5 Å². The fourth-order valence-corrected chi connectivity index (χ4v) is 33.2. The molecule has 576 valence electrons. The summed E-state index contributed by atoms with van der Waals surface area (Å²) in [5, 5.41) is 0. The van der Waals surface area contributed by atoms with Crippen LogP contribution in [0.1, 0.15) is 198 Å². The SMILES string of the molecule is CCC(C)(CC)CCC(=O)CC([C-]=O)N(S(C)=S)S(C)=S=S.CCC(C)CCC(=O)CC([C-]=O)N(S(C)=S)S(C)=S=S.CCC(CC)(CC)CCC(=O)CC([C-]=O)N(S(C)=S)S(C)=S=S.CCC(CC)CCC(=O)CC([C-]=O)N(S(C)=S)S(C)=S=S.C[S-].C[S-].C[S-].C[S-].[Y].[Y].[Y].[Y]. The van der Waals surface area contributed by atoms with Crippen LogP contribution in [0.15, 0.2) is 0 Å². The number of rotatable bonds is 44. The molecule has 12 nitrogen and oxygen atoms in total. The van der Waals surface area contributed by atoms with Gasteiger partial charge < -0.3 is 69.7 Å². The summed E-state index contributed by atoms with van der Waals surface area (Å²) < 4.78 is 7.43. The summed E-state index contributed by atoms with van der Waals surface area (Å²) >= 11 is 57.6. The molecule has 0 bridgehead atoms. The Morgan fingerprint density at radius 1 is 0.398 bits per heavy atom. The molecule has 0 heterocycles. The Labute approximate surface area is 790 Å². The predicted octanol–water partition coefficient (Wildman–Crippen LogP) is 10.2. The van der Waals surface area contributed by atoms with Crippen LogP contribution in [0.3, 0.4) is 0 Å². The number of Topliss-reactive ketones (excluding diaryl/α,β-unsaturated/α-hetero) is 4. The summed E-state index contributed by atoms with van der Waals surface area (Å²) in [7, 11) is 1.47. The smallest absolute Gasteiger partial charge is 0.132 e. The molecular formula is C58H112N4O8S24Y4-8. The third kappa shape index (κ3) is 64.7. The molecule has 13 unspecified atom stereocenters. The van der Waals surface area contributed by atoms with E-state index in [-0.39, 0.29) is 229 Å². The van der Waals surface area contributed by atoms with Crippen molar-refractivity contribution in [1.29, 1.82) is 0 Å². The molecule has 0 saturated carbocycles. The quantitative estimate of drug-likeness (QED) is 0.0420. The molecule has 40 heteroatoms. The molecule has 0 amide bonds. The predicted molar refractivity (Wildman–Crippen MR) is 474 cm³/mol. The van der Waals surface area contributed by atoms with Gasteiger partial charge in [-0.15, -0.1) is 0 Å². The van der Waals surface area contributed by atoms with Crippen molar-refractivity contribution in [3.8, 4) is 0 Å². The number of nitrogens with zero attached hydrogens (tertiary/aromatic N) is 4. The third-order valence-corrected chi connectivity index (χ3v) is 43.0. The Hall–Kier alpha value is 8.46. The molecule has 0 aromatic rings. The van der Waals surface area contributed by atoms with Crippen LogP contribution in [0.5, 0.6) is 0 Å². The first kappa shape index (κ1) is 133. The number of ketones is 4. The van der Waals surface area contributed by atoms with Gasteiger partial charge in [-0.1, -0.05) is 145 Å². The molecule has 0 fully saturated rings. The first-order valence-corrected chi connectivity index (χ1v) is 58.6. The van der Waals surface area contributed by atoms with Crippen LogP contribution in [-0.4, -0.2) is 162 Å². The van der Waals surface area contributed by atoms with E-state index in [0.29, 0.717) is 37.5 Å². The summed E-state index contributed by atoms with van der Waals surface area (Å²) in [6.45, 7) is 21.6. The zero-order chi connectivity index (χ0) is 75.5. The van der Waals surface area contributed by atoms with E-state index in [4.69, 9.17) is 89.5 Å². The largest absolute Gasteiger partial charge is 0.796 e. The second-order valence-corrected chi connectivity index (χ2v) is 50.2. The van der Waals surface area contributed by atoms with Crippen LogP contribution in [0.25, 0.3) is 0 Å². The van der Waals surface area contributed by atoms with Crippen molar-refractivity contribution in [2.45, 2.75) is 222 Å². The minimum atomic E-state index is -0.573. The number of hydrogen-bond donors (Lipinski definition) is 0. The Morgan fingerprint density at radius 3 is 0.806 bits per heavy atom. The molecule has 0 rings (SSSR count). The van der Waals surface area contributed by atoms with E-state index in [1.54, 1.807) is 25.0 Å². The van der Waals surface area contributed by atoms with Gasteiger partial charge in [-0.3, -0.25) is 19.2 Å². The van der Waals surface area contributed by atoms with Crippen molar-refractivity contribution in [3.05, 3.63) is 0 Å². The van der Waals surface area contributed by atoms with Gasteiger partial charge in [0.05, 0.1) is 0 Å². The van der Waals surface area contributed by atoms with Crippen molar-refractivity contribution in [2.75, 3.05) is 75.1 Å². The first-order valence-electron chi connectivity index (χ1n) is 29.9. The van der Waals surface area contributed by atoms with Crippen molar-refractivity contribution in [2.24, 2.45) is 22.7 Å². The molecule has 0 aliphatic heterocycles. The van der Waals surface area contributed by atoms with Gasteiger partial charge in [-0.25, -0.2) is 40.0 Å². The van der Waals surface area contributed by atoms with E-state index in [9.17, 15) is 38.4 Å².